The summed E-state index contributed by atoms with van der Waals surface area (Å²) in [7, 11) is 0. The Morgan fingerprint density at radius 2 is 1.59 bits per heavy atom. The molecular weight excluding hydrogens is 388 g/mol. The summed E-state index contributed by atoms with van der Waals surface area (Å²) in [6, 6.07) is 10.2. The van der Waals surface area contributed by atoms with E-state index in [1.165, 1.54) is 12.1 Å². The lowest BCUT2D eigenvalue weighted by molar-refractivity contribution is -0.277. The van der Waals surface area contributed by atoms with Gasteiger partial charge in [0.15, 0.2) is 11.5 Å². The normalized spacial score (nSPS) is 26.7. The van der Waals surface area contributed by atoms with Gasteiger partial charge in [0.05, 0.1) is 5.56 Å². The molecule has 1 aliphatic heterocycles. The molecule has 10 heteroatoms. The number of aromatic hydroxyl groups is 3. The van der Waals surface area contributed by atoms with E-state index < -0.39 is 60.5 Å². The van der Waals surface area contributed by atoms with E-state index in [0.717, 1.165) is 12.1 Å². The van der Waals surface area contributed by atoms with E-state index in [9.17, 15) is 35.4 Å². The van der Waals surface area contributed by atoms with E-state index in [4.69, 9.17) is 14.2 Å². The molecule has 0 aliphatic carbocycles. The molecule has 156 valence electrons. The lowest BCUT2D eigenvalue weighted by Crippen LogP contribution is -2.60. The number of aliphatic hydroxyl groups excluding tert-OH is 3. The van der Waals surface area contributed by atoms with Crippen molar-refractivity contribution >= 4 is 5.97 Å². The Hall–Kier alpha value is -3.05. The highest BCUT2D eigenvalue weighted by molar-refractivity contribution is 5.89. The number of hydrogen-bond donors (Lipinski definition) is 6. The first-order valence-electron chi connectivity index (χ1n) is 8.62. The number of phenolic OH excluding ortho intramolecular Hbond substituents is 3. The molecule has 0 amide bonds. The van der Waals surface area contributed by atoms with Crippen molar-refractivity contribution in [2.24, 2.45) is 0 Å². The van der Waals surface area contributed by atoms with Gasteiger partial charge < -0.3 is 44.8 Å². The summed E-state index contributed by atoms with van der Waals surface area (Å²) < 4.78 is 15.7. The van der Waals surface area contributed by atoms with Gasteiger partial charge in [-0.3, -0.25) is 0 Å². The Labute approximate surface area is 164 Å². The van der Waals surface area contributed by atoms with Crippen LogP contribution in [0.5, 0.6) is 23.0 Å². The summed E-state index contributed by atoms with van der Waals surface area (Å²) in [6.07, 6.45) is -7.85. The van der Waals surface area contributed by atoms with Gasteiger partial charge in [-0.2, -0.15) is 0 Å². The largest absolute Gasteiger partial charge is 0.504 e. The molecule has 2 aromatic carbocycles. The first kappa shape index (κ1) is 20.7. The van der Waals surface area contributed by atoms with Crippen LogP contribution in [-0.2, 0) is 9.47 Å². The van der Waals surface area contributed by atoms with Crippen molar-refractivity contribution in [3.05, 3.63) is 48.0 Å². The predicted octanol–water partition coefficient (Wildman–Crippen LogP) is -0.153. The molecule has 1 saturated heterocycles. The first-order valence-corrected chi connectivity index (χ1v) is 8.62. The number of carbonyl (C=O) groups excluding carboxylic acids is 1. The van der Waals surface area contributed by atoms with Gasteiger partial charge in [0, 0.05) is 0 Å². The minimum absolute atomic E-state index is 0.274. The molecule has 6 N–H and O–H groups in total. The van der Waals surface area contributed by atoms with E-state index in [0.29, 0.717) is 0 Å². The average molecular weight is 408 g/mol. The summed E-state index contributed by atoms with van der Waals surface area (Å²) in [5.41, 5.74) is 0.274. The molecule has 0 radical (unpaired) electrons. The van der Waals surface area contributed by atoms with E-state index in [1.54, 1.807) is 18.2 Å². The standard InChI is InChI=1S/C19H20O10/c20-10-6-7-11(14(22)13(10)21)28-19-17(25)16(24)15(23)12(29-19)8-27-18(26)9-4-2-1-3-5-9/h1-7,12,15-17,19-25H,8H2/t12-,15-,16+,17-,19-/m1/s1. The van der Waals surface area contributed by atoms with Crippen LogP contribution in [-0.4, -0.2) is 73.9 Å². The van der Waals surface area contributed by atoms with E-state index in [-0.39, 0.29) is 11.3 Å². The third-order valence-electron chi connectivity index (χ3n) is 4.39. The van der Waals surface area contributed by atoms with E-state index >= 15 is 0 Å². The summed E-state index contributed by atoms with van der Waals surface area (Å²) in [5, 5.41) is 59.0. The molecule has 3 rings (SSSR count). The number of phenols is 3. The van der Waals surface area contributed by atoms with Gasteiger partial charge in [0.2, 0.25) is 17.8 Å². The van der Waals surface area contributed by atoms with Crippen molar-refractivity contribution in [2.75, 3.05) is 6.61 Å². The number of carbonyl (C=O) groups is 1. The smallest absolute Gasteiger partial charge is 0.338 e. The van der Waals surface area contributed by atoms with Crippen LogP contribution < -0.4 is 4.74 Å². The second kappa shape index (κ2) is 8.53. The zero-order valence-corrected chi connectivity index (χ0v) is 15.0. The average Bonchev–Trinajstić information content (AvgIpc) is 2.73. The topological polar surface area (TPSA) is 166 Å². The Morgan fingerprint density at radius 1 is 0.897 bits per heavy atom. The summed E-state index contributed by atoms with van der Waals surface area (Å²) in [6.45, 7) is -0.453. The second-order valence-electron chi connectivity index (χ2n) is 6.38. The Bertz CT molecular complexity index is 856. The molecule has 1 aliphatic rings. The van der Waals surface area contributed by atoms with Crippen LogP contribution >= 0.6 is 0 Å². The van der Waals surface area contributed by atoms with Gasteiger partial charge in [0.25, 0.3) is 0 Å². The molecule has 5 atom stereocenters. The molecule has 0 aromatic heterocycles. The van der Waals surface area contributed by atoms with Gasteiger partial charge >= 0.3 is 5.97 Å². The van der Waals surface area contributed by atoms with Crippen molar-refractivity contribution in [3.8, 4) is 23.0 Å². The fraction of sp³-hybridized carbons (Fsp3) is 0.316. The van der Waals surface area contributed by atoms with Crippen molar-refractivity contribution < 1.29 is 49.6 Å². The van der Waals surface area contributed by atoms with Crippen molar-refractivity contribution in [1.29, 1.82) is 0 Å². The number of benzene rings is 2. The molecular formula is C19H20O10. The van der Waals surface area contributed by atoms with Crippen LogP contribution in [0.3, 0.4) is 0 Å². The van der Waals surface area contributed by atoms with E-state index in [1.807, 2.05) is 0 Å². The van der Waals surface area contributed by atoms with Crippen molar-refractivity contribution in [1.82, 2.24) is 0 Å². The number of rotatable bonds is 5. The molecule has 1 heterocycles. The van der Waals surface area contributed by atoms with Crippen LogP contribution in [0.2, 0.25) is 0 Å². The molecule has 0 spiro atoms. The molecule has 2 aromatic rings. The van der Waals surface area contributed by atoms with Crippen molar-refractivity contribution in [3.63, 3.8) is 0 Å². The first-order chi connectivity index (χ1) is 13.8. The van der Waals surface area contributed by atoms with Gasteiger partial charge in [-0.25, -0.2) is 4.79 Å². The number of esters is 1. The molecule has 1 fully saturated rings. The highest BCUT2D eigenvalue weighted by atomic mass is 16.7. The Morgan fingerprint density at radius 3 is 2.28 bits per heavy atom. The van der Waals surface area contributed by atoms with E-state index in [2.05, 4.69) is 0 Å². The second-order valence-corrected chi connectivity index (χ2v) is 6.38. The zero-order valence-electron chi connectivity index (χ0n) is 15.0. The van der Waals surface area contributed by atoms with Crippen LogP contribution in [0.15, 0.2) is 42.5 Å². The summed E-state index contributed by atoms with van der Waals surface area (Å²) in [4.78, 5) is 12.0. The highest BCUT2D eigenvalue weighted by Gasteiger charge is 2.45. The quantitative estimate of drug-likeness (QED) is 0.289. The summed E-state index contributed by atoms with van der Waals surface area (Å²) >= 11 is 0. The fourth-order valence-electron chi connectivity index (χ4n) is 2.74. The SMILES string of the molecule is O=C(OC[C@H]1O[C@@H](Oc2ccc(O)c(O)c2O)[C@H](O)[C@@H](O)[C@@H]1O)c1ccccc1. The van der Waals surface area contributed by atoms with Crippen molar-refractivity contribution in [2.45, 2.75) is 30.7 Å². The number of hydrogen-bond acceptors (Lipinski definition) is 10. The van der Waals surface area contributed by atoms with Gasteiger partial charge in [-0.05, 0) is 24.3 Å². The highest BCUT2D eigenvalue weighted by Crippen LogP contribution is 2.42. The molecule has 0 bridgehead atoms. The maximum Gasteiger partial charge on any atom is 0.338 e. The monoisotopic (exact) mass is 408 g/mol. The Kier molecular flexibility index (Phi) is 6.09. The maximum atomic E-state index is 12.0. The van der Waals surface area contributed by atoms with Crippen LogP contribution in [0, 0.1) is 0 Å². The zero-order chi connectivity index (χ0) is 21.1. The van der Waals surface area contributed by atoms with Crippen LogP contribution in [0.4, 0.5) is 0 Å². The van der Waals surface area contributed by atoms with Gasteiger partial charge in [0.1, 0.15) is 31.0 Å². The van der Waals surface area contributed by atoms with Crippen LogP contribution in [0.25, 0.3) is 0 Å². The lowest BCUT2D eigenvalue weighted by Gasteiger charge is -2.39. The molecule has 0 unspecified atom stereocenters. The third-order valence-corrected chi connectivity index (χ3v) is 4.39. The molecule has 0 saturated carbocycles. The third kappa shape index (κ3) is 4.35. The minimum Gasteiger partial charge on any atom is -0.504 e. The van der Waals surface area contributed by atoms with Gasteiger partial charge in [-0.15, -0.1) is 0 Å². The van der Waals surface area contributed by atoms with Crippen LogP contribution in [0.1, 0.15) is 10.4 Å². The molecule has 29 heavy (non-hydrogen) atoms. The summed E-state index contributed by atoms with van der Waals surface area (Å²) in [5.74, 6) is -3.29. The molecule has 10 nitrogen and oxygen atoms in total. The number of ether oxygens (including phenoxy) is 3. The van der Waals surface area contributed by atoms with Gasteiger partial charge in [-0.1, -0.05) is 18.2 Å². The fourth-order valence-corrected chi connectivity index (χ4v) is 2.74. The number of aliphatic hydroxyl groups is 3. The lowest BCUT2D eigenvalue weighted by atomic mass is 9.99. The maximum absolute atomic E-state index is 12.0. The predicted molar refractivity (Wildman–Crippen MR) is 95.5 cm³/mol. The minimum atomic E-state index is -1.72. The Balaban J connectivity index is 1.70.